The molecule has 1 aromatic carbocycles. The van der Waals surface area contributed by atoms with Crippen molar-refractivity contribution in [2.45, 2.75) is 18.9 Å². The third kappa shape index (κ3) is 2.58. The minimum absolute atomic E-state index is 0. The molecular weight excluding hydrogens is 296 g/mol. The Morgan fingerprint density at radius 2 is 2.08 bits per heavy atom. The van der Waals surface area contributed by atoms with Gasteiger partial charge in [-0.05, 0) is 53.6 Å². The Bertz CT molecular complexity index is 271. The first-order chi connectivity index (χ1) is 5.88. The molecule has 1 fully saturated rings. The molecule has 0 saturated carbocycles. The molecular formula is C10H13ClIN. The van der Waals surface area contributed by atoms with Crippen molar-refractivity contribution in [2.75, 3.05) is 6.54 Å². The minimum atomic E-state index is 0. The number of halogens is 2. The number of hydrogen-bond acceptors (Lipinski definition) is 1. The van der Waals surface area contributed by atoms with E-state index in [0.717, 1.165) is 0 Å². The van der Waals surface area contributed by atoms with Crippen molar-refractivity contribution in [2.24, 2.45) is 0 Å². The maximum absolute atomic E-state index is 3.51. The lowest BCUT2D eigenvalue weighted by molar-refractivity contribution is 0.644. The number of rotatable bonds is 1. The molecule has 1 atom stereocenters. The highest BCUT2D eigenvalue weighted by atomic mass is 127. The quantitative estimate of drug-likeness (QED) is 0.786. The van der Waals surface area contributed by atoms with Crippen LogP contribution in [0, 0.1) is 3.57 Å². The smallest absolute Gasteiger partial charge is 0.0331 e. The van der Waals surface area contributed by atoms with Crippen LogP contribution in [-0.2, 0) is 0 Å². The third-order valence-electron chi connectivity index (χ3n) is 2.34. The van der Waals surface area contributed by atoms with E-state index in [-0.39, 0.29) is 12.4 Å². The predicted octanol–water partition coefficient (Wildman–Crippen LogP) is 3.14. The largest absolute Gasteiger partial charge is 0.310 e. The molecule has 0 amide bonds. The van der Waals surface area contributed by atoms with Crippen LogP contribution < -0.4 is 5.32 Å². The molecule has 1 aliphatic rings. The second kappa shape index (κ2) is 5.17. The highest BCUT2D eigenvalue weighted by Crippen LogP contribution is 2.26. The zero-order valence-corrected chi connectivity index (χ0v) is 10.3. The normalized spacial score (nSPS) is 21.2. The molecule has 1 saturated heterocycles. The number of nitrogens with one attached hydrogen (secondary N) is 1. The summed E-state index contributed by atoms with van der Waals surface area (Å²) in [7, 11) is 0. The van der Waals surface area contributed by atoms with Crippen molar-refractivity contribution in [3.05, 3.63) is 33.4 Å². The third-order valence-corrected chi connectivity index (χ3v) is 3.32. The molecule has 0 bridgehead atoms. The number of benzene rings is 1. The molecule has 1 aliphatic heterocycles. The van der Waals surface area contributed by atoms with Gasteiger partial charge in [-0.3, -0.25) is 0 Å². The van der Waals surface area contributed by atoms with Crippen molar-refractivity contribution in [3.8, 4) is 0 Å². The number of hydrogen-bond donors (Lipinski definition) is 1. The topological polar surface area (TPSA) is 12.0 Å². The summed E-state index contributed by atoms with van der Waals surface area (Å²) < 4.78 is 1.38. The summed E-state index contributed by atoms with van der Waals surface area (Å²) in [4.78, 5) is 0. The molecule has 13 heavy (non-hydrogen) atoms. The highest BCUT2D eigenvalue weighted by molar-refractivity contribution is 14.1. The lowest BCUT2D eigenvalue weighted by Gasteiger charge is -2.11. The van der Waals surface area contributed by atoms with Crippen LogP contribution in [0.5, 0.6) is 0 Å². The summed E-state index contributed by atoms with van der Waals surface area (Å²) in [5.41, 5.74) is 1.47. The van der Waals surface area contributed by atoms with Crippen LogP contribution in [0.15, 0.2) is 24.3 Å². The highest BCUT2D eigenvalue weighted by Gasteiger charge is 2.17. The molecule has 0 unspecified atom stereocenters. The molecule has 72 valence electrons. The SMILES string of the molecule is Cl.Ic1ccccc1[C@@H]1CCCN1. The summed E-state index contributed by atoms with van der Waals surface area (Å²) in [5.74, 6) is 0. The van der Waals surface area contributed by atoms with E-state index in [1.165, 1.54) is 28.5 Å². The van der Waals surface area contributed by atoms with Gasteiger partial charge < -0.3 is 5.32 Å². The summed E-state index contributed by atoms with van der Waals surface area (Å²) in [6, 6.07) is 9.23. The summed E-state index contributed by atoms with van der Waals surface area (Å²) >= 11 is 2.41. The van der Waals surface area contributed by atoms with Crippen LogP contribution in [0.4, 0.5) is 0 Å². The van der Waals surface area contributed by atoms with E-state index in [1.54, 1.807) is 0 Å². The molecule has 0 aromatic heterocycles. The van der Waals surface area contributed by atoms with Gasteiger partial charge in [0.25, 0.3) is 0 Å². The Labute approximate surface area is 98.9 Å². The summed E-state index contributed by atoms with van der Waals surface area (Å²) in [6.07, 6.45) is 2.61. The molecule has 0 radical (unpaired) electrons. The van der Waals surface area contributed by atoms with E-state index >= 15 is 0 Å². The van der Waals surface area contributed by atoms with Gasteiger partial charge in [0, 0.05) is 9.61 Å². The monoisotopic (exact) mass is 309 g/mol. The molecule has 1 nitrogen and oxygen atoms in total. The molecule has 1 aromatic rings. The van der Waals surface area contributed by atoms with Gasteiger partial charge in [-0.2, -0.15) is 0 Å². The van der Waals surface area contributed by atoms with Crippen LogP contribution in [-0.4, -0.2) is 6.54 Å². The van der Waals surface area contributed by atoms with Crippen LogP contribution in [0.25, 0.3) is 0 Å². The van der Waals surface area contributed by atoms with Gasteiger partial charge in [-0.15, -0.1) is 12.4 Å². The Morgan fingerprint density at radius 1 is 1.31 bits per heavy atom. The first-order valence-corrected chi connectivity index (χ1v) is 5.43. The van der Waals surface area contributed by atoms with Crippen LogP contribution in [0.1, 0.15) is 24.4 Å². The molecule has 0 aliphatic carbocycles. The molecule has 1 N–H and O–H groups in total. The fourth-order valence-electron chi connectivity index (χ4n) is 1.71. The van der Waals surface area contributed by atoms with E-state index < -0.39 is 0 Å². The zero-order chi connectivity index (χ0) is 8.39. The van der Waals surface area contributed by atoms with E-state index in [0.29, 0.717) is 6.04 Å². The Morgan fingerprint density at radius 3 is 2.69 bits per heavy atom. The fraction of sp³-hybridized carbons (Fsp3) is 0.400. The summed E-state index contributed by atoms with van der Waals surface area (Å²) in [5, 5.41) is 3.51. The van der Waals surface area contributed by atoms with Gasteiger partial charge in [-0.1, -0.05) is 18.2 Å². The van der Waals surface area contributed by atoms with Gasteiger partial charge in [0.15, 0.2) is 0 Å². The van der Waals surface area contributed by atoms with Gasteiger partial charge in [0.2, 0.25) is 0 Å². The second-order valence-electron chi connectivity index (χ2n) is 3.17. The van der Waals surface area contributed by atoms with Crippen molar-refractivity contribution >= 4 is 35.0 Å². The van der Waals surface area contributed by atoms with Crippen molar-refractivity contribution in [1.82, 2.24) is 5.32 Å². The first-order valence-electron chi connectivity index (χ1n) is 4.36. The maximum atomic E-state index is 3.51. The average Bonchev–Trinajstić information content (AvgIpc) is 2.57. The van der Waals surface area contributed by atoms with Crippen LogP contribution in [0.2, 0.25) is 0 Å². The first kappa shape index (κ1) is 11.3. The Kier molecular flexibility index (Phi) is 4.49. The molecule has 1 heterocycles. The van der Waals surface area contributed by atoms with E-state index in [1.807, 2.05) is 0 Å². The second-order valence-corrected chi connectivity index (χ2v) is 4.33. The van der Waals surface area contributed by atoms with E-state index in [9.17, 15) is 0 Å². The Hall–Kier alpha value is 0.200. The van der Waals surface area contributed by atoms with Gasteiger partial charge >= 0.3 is 0 Å². The fourth-order valence-corrected chi connectivity index (χ4v) is 2.47. The summed E-state index contributed by atoms with van der Waals surface area (Å²) in [6.45, 7) is 1.18. The molecule has 2 rings (SSSR count). The zero-order valence-electron chi connectivity index (χ0n) is 7.29. The molecule has 3 heteroatoms. The van der Waals surface area contributed by atoms with E-state index in [4.69, 9.17) is 0 Å². The van der Waals surface area contributed by atoms with Crippen LogP contribution in [0.3, 0.4) is 0 Å². The molecule has 0 spiro atoms. The van der Waals surface area contributed by atoms with Crippen molar-refractivity contribution < 1.29 is 0 Å². The standard InChI is InChI=1S/C10H12IN.ClH/c11-9-5-2-1-4-8(9)10-6-3-7-12-10;/h1-2,4-5,10,12H,3,6-7H2;1H/t10-;/m0./s1. The minimum Gasteiger partial charge on any atom is -0.310 e. The van der Waals surface area contributed by atoms with Gasteiger partial charge in [0.05, 0.1) is 0 Å². The van der Waals surface area contributed by atoms with Crippen LogP contribution >= 0.6 is 35.0 Å². The predicted molar refractivity (Wildman–Crippen MR) is 66.4 cm³/mol. The van der Waals surface area contributed by atoms with E-state index in [2.05, 4.69) is 52.2 Å². The Balaban J connectivity index is 0.000000845. The lowest BCUT2D eigenvalue weighted by atomic mass is 10.1. The van der Waals surface area contributed by atoms with Crippen molar-refractivity contribution in [1.29, 1.82) is 0 Å². The van der Waals surface area contributed by atoms with Gasteiger partial charge in [-0.25, -0.2) is 0 Å². The average molecular weight is 310 g/mol. The maximum Gasteiger partial charge on any atom is 0.0331 e. The lowest BCUT2D eigenvalue weighted by Crippen LogP contribution is -2.13. The van der Waals surface area contributed by atoms with Gasteiger partial charge in [0.1, 0.15) is 0 Å². The van der Waals surface area contributed by atoms with Crippen molar-refractivity contribution in [3.63, 3.8) is 0 Å².